The Bertz CT molecular complexity index is 157. The fourth-order valence-electron chi connectivity index (χ4n) is 2.90. The molecule has 1 rings (SSSR count). The molecule has 0 radical (unpaired) electrons. The van der Waals surface area contributed by atoms with Gasteiger partial charge in [0.15, 0.2) is 0 Å². The maximum atomic E-state index is 9.36. The fourth-order valence-corrected chi connectivity index (χ4v) is 2.90. The summed E-state index contributed by atoms with van der Waals surface area (Å²) in [4.78, 5) is 0. The Morgan fingerprint density at radius 3 is 2.33 bits per heavy atom. The zero-order valence-electron chi connectivity index (χ0n) is 8.85. The Kier molecular flexibility index (Phi) is 2.53. The lowest BCUT2D eigenvalue weighted by molar-refractivity contribution is 0.0419. The average molecular weight is 170 g/mol. The highest BCUT2D eigenvalue weighted by molar-refractivity contribution is 4.93. The first kappa shape index (κ1) is 10.0. The first-order valence-electron chi connectivity index (χ1n) is 5.01. The molecule has 72 valence electrons. The second-order valence-corrected chi connectivity index (χ2v) is 5.62. The lowest BCUT2D eigenvalue weighted by atomic mass is 9.67. The molecule has 0 aliphatic heterocycles. The molecule has 2 atom stereocenters. The highest BCUT2D eigenvalue weighted by Crippen LogP contribution is 2.51. The Morgan fingerprint density at radius 1 is 1.42 bits per heavy atom. The van der Waals surface area contributed by atoms with E-state index < -0.39 is 0 Å². The normalized spacial score (nSPS) is 37.2. The Hall–Kier alpha value is -0.0400. The van der Waals surface area contributed by atoms with Crippen molar-refractivity contribution < 1.29 is 5.11 Å². The van der Waals surface area contributed by atoms with Gasteiger partial charge in [-0.25, -0.2) is 0 Å². The van der Waals surface area contributed by atoms with Crippen molar-refractivity contribution in [3.8, 4) is 0 Å². The van der Waals surface area contributed by atoms with Gasteiger partial charge < -0.3 is 5.11 Å². The molecule has 0 aromatic rings. The van der Waals surface area contributed by atoms with Crippen LogP contribution in [-0.2, 0) is 0 Å². The van der Waals surface area contributed by atoms with Crippen LogP contribution in [0.25, 0.3) is 0 Å². The second-order valence-electron chi connectivity index (χ2n) is 5.62. The van der Waals surface area contributed by atoms with Crippen LogP contribution in [-0.4, -0.2) is 11.7 Å². The van der Waals surface area contributed by atoms with E-state index in [9.17, 15) is 5.11 Å². The van der Waals surface area contributed by atoms with Gasteiger partial charge in [-0.3, -0.25) is 0 Å². The first-order valence-corrected chi connectivity index (χ1v) is 5.01. The van der Waals surface area contributed by atoms with E-state index in [1.807, 2.05) is 0 Å². The third kappa shape index (κ3) is 1.66. The molecule has 0 heterocycles. The molecule has 1 heteroatoms. The lowest BCUT2D eigenvalue weighted by Crippen LogP contribution is -2.34. The van der Waals surface area contributed by atoms with Crippen molar-refractivity contribution in [2.24, 2.45) is 16.7 Å². The number of aliphatic hydroxyl groups is 1. The summed E-state index contributed by atoms with van der Waals surface area (Å²) in [5.41, 5.74) is 0.548. The summed E-state index contributed by atoms with van der Waals surface area (Å²) >= 11 is 0. The van der Waals surface area contributed by atoms with E-state index in [0.717, 1.165) is 0 Å². The van der Waals surface area contributed by atoms with E-state index in [1.54, 1.807) is 0 Å². The number of hydrogen-bond donors (Lipinski definition) is 1. The molecular formula is C11H22O. The molecule has 1 aliphatic carbocycles. The van der Waals surface area contributed by atoms with Gasteiger partial charge in [0.2, 0.25) is 0 Å². The lowest BCUT2D eigenvalue weighted by Gasteiger charge is -2.39. The maximum Gasteiger partial charge on any atom is 0.0487 e. The van der Waals surface area contributed by atoms with Crippen LogP contribution in [0.4, 0.5) is 0 Å². The smallest absolute Gasteiger partial charge is 0.0487 e. The van der Waals surface area contributed by atoms with Crippen molar-refractivity contribution in [1.82, 2.24) is 0 Å². The van der Waals surface area contributed by atoms with E-state index in [-0.39, 0.29) is 5.41 Å². The molecule has 1 saturated carbocycles. The maximum absolute atomic E-state index is 9.36. The largest absolute Gasteiger partial charge is 0.396 e. The molecule has 2 unspecified atom stereocenters. The summed E-state index contributed by atoms with van der Waals surface area (Å²) in [6.07, 6.45) is 3.78. The third-order valence-electron chi connectivity index (χ3n) is 3.49. The van der Waals surface area contributed by atoms with E-state index in [2.05, 4.69) is 27.7 Å². The van der Waals surface area contributed by atoms with Gasteiger partial charge >= 0.3 is 0 Å². The van der Waals surface area contributed by atoms with Crippen LogP contribution in [0.3, 0.4) is 0 Å². The third-order valence-corrected chi connectivity index (χ3v) is 3.49. The van der Waals surface area contributed by atoms with Crippen molar-refractivity contribution in [3.05, 3.63) is 0 Å². The minimum atomic E-state index is 0.193. The predicted molar refractivity (Wildman–Crippen MR) is 52.0 cm³/mol. The summed E-state index contributed by atoms with van der Waals surface area (Å²) in [7, 11) is 0. The summed E-state index contributed by atoms with van der Waals surface area (Å²) in [5.74, 6) is 0.690. The molecule has 0 aromatic heterocycles. The van der Waals surface area contributed by atoms with Crippen LogP contribution in [0.2, 0.25) is 0 Å². The molecule has 1 N–H and O–H groups in total. The Labute approximate surface area is 76.2 Å². The first-order chi connectivity index (χ1) is 5.40. The van der Waals surface area contributed by atoms with Crippen molar-refractivity contribution in [2.75, 3.05) is 6.61 Å². The average Bonchev–Trinajstić information content (AvgIpc) is 2.31. The molecule has 1 fully saturated rings. The van der Waals surface area contributed by atoms with Crippen LogP contribution in [0, 0.1) is 16.7 Å². The van der Waals surface area contributed by atoms with Gasteiger partial charge in [-0.05, 0) is 29.6 Å². The van der Waals surface area contributed by atoms with Gasteiger partial charge in [0.1, 0.15) is 0 Å². The zero-order chi connectivity index (χ0) is 9.41. The number of hydrogen-bond acceptors (Lipinski definition) is 1. The van der Waals surface area contributed by atoms with Gasteiger partial charge in [0.25, 0.3) is 0 Å². The van der Waals surface area contributed by atoms with Crippen molar-refractivity contribution in [2.45, 2.75) is 47.0 Å². The fraction of sp³-hybridized carbons (Fsp3) is 1.00. The van der Waals surface area contributed by atoms with Gasteiger partial charge in [0.05, 0.1) is 0 Å². The highest BCUT2D eigenvalue weighted by atomic mass is 16.3. The molecule has 12 heavy (non-hydrogen) atoms. The van der Waals surface area contributed by atoms with Crippen molar-refractivity contribution >= 4 is 0 Å². The van der Waals surface area contributed by atoms with E-state index in [1.165, 1.54) is 19.3 Å². The van der Waals surface area contributed by atoms with Gasteiger partial charge in [-0.15, -0.1) is 0 Å². The molecule has 1 nitrogen and oxygen atoms in total. The van der Waals surface area contributed by atoms with Crippen LogP contribution in [0.5, 0.6) is 0 Å². The van der Waals surface area contributed by atoms with E-state index in [0.29, 0.717) is 17.9 Å². The molecule has 0 spiro atoms. The summed E-state index contributed by atoms with van der Waals surface area (Å²) in [6, 6.07) is 0. The molecule has 0 amide bonds. The van der Waals surface area contributed by atoms with Gasteiger partial charge in [-0.2, -0.15) is 0 Å². The second kappa shape index (κ2) is 3.02. The highest BCUT2D eigenvalue weighted by Gasteiger charge is 2.43. The van der Waals surface area contributed by atoms with E-state index in [4.69, 9.17) is 0 Å². The molecule has 0 saturated heterocycles. The van der Waals surface area contributed by atoms with Crippen molar-refractivity contribution in [3.63, 3.8) is 0 Å². The predicted octanol–water partition coefficient (Wildman–Crippen LogP) is 2.83. The summed E-state index contributed by atoms with van der Waals surface area (Å²) in [6.45, 7) is 9.45. The SMILES string of the molecule is CC(C)(C)C1CCCC1(C)CO. The standard InChI is InChI=1S/C11H22O/c1-10(2,3)9-6-5-7-11(9,4)8-12/h9,12H,5-8H2,1-4H3. The molecule has 0 aromatic carbocycles. The quantitative estimate of drug-likeness (QED) is 0.641. The van der Waals surface area contributed by atoms with Crippen LogP contribution >= 0.6 is 0 Å². The Balaban J connectivity index is 2.77. The topological polar surface area (TPSA) is 20.2 Å². The monoisotopic (exact) mass is 170 g/mol. The van der Waals surface area contributed by atoms with Crippen molar-refractivity contribution in [1.29, 1.82) is 0 Å². The van der Waals surface area contributed by atoms with Gasteiger partial charge in [-0.1, -0.05) is 34.1 Å². The molecule has 1 aliphatic rings. The summed E-state index contributed by atoms with van der Waals surface area (Å²) in [5, 5.41) is 9.36. The van der Waals surface area contributed by atoms with Crippen LogP contribution in [0.15, 0.2) is 0 Å². The minimum Gasteiger partial charge on any atom is -0.396 e. The van der Waals surface area contributed by atoms with Gasteiger partial charge in [0, 0.05) is 6.61 Å². The zero-order valence-corrected chi connectivity index (χ0v) is 8.85. The van der Waals surface area contributed by atoms with Crippen LogP contribution < -0.4 is 0 Å². The summed E-state index contributed by atoms with van der Waals surface area (Å²) < 4.78 is 0. The number of aliphatic hydroxyl groups excluding tert-OH is 1. The number of rotatable bonds is 1. The molecule has 0 bridgehead atoms. The van der Waals surface area contributed by atoms with Crippen LogP contribution in [0.1, 0.15) is 47.0 Å². The van der Waals surface area contributed by atoms with E-state index >= 15 is 0 Å². The Morgan fingerprint density at radius 2 is 2.00 bits per heavy atom. The molecular weight excluding hydrogens is 148 g/mol. The minimum absolute atomic E-state index is 0.193.